The number of aryl methyl sites for hydroxylation is 2. The molecule has 1 N–H and O–H groups in total. The third-order valence-electron chi connectivity index (χ3n) is 2.43. The molecule has 0 saturated heterocycles. The van der Waals surface area contributed by atoms with Crippen LogP contribution in [-0.4, -0.2) is 12.7 Å². The topological polar surface area (TPSA) is 35.8 Å². The summed E-state index contributed by atoms with van der Waals surface area (Å²) in [5.74, 6) is -1.98. The number of hydrogen-bond donors (Lipinski definition) is 1. The lowest BCUT2D eigenvalue weighted by Crippen LogP contribution is -2.28. The van der Waals surface area contributed by atoms with Crippen LogP contribution >= 0.6 is 0 Å². The summed E-state index contributed by atoms with van der Waals surface area (Å²) in [4.78, 5) is 0. The average molecular weight is 242 g/mol. The van der Waals surface area contributed by atoms with E-state index in [1.165, 1.54) is 6.07 Å². The van der Waals surface area contributed by atoms with Crippen LogP contribution in [0, 0.1) is 31.1 Å². The number of hydrogen-bond acceptors (Lipinski definition) is 2. The molecule has 0 amide bonds. The first-order chi connectivity index (χ1) is 7.84. The van der Waals surface area contributed by atoms with Crippen LogP contribution in [0.2, 0.25) is 0 Å². The van der Waals surface area contributed by atoms with Crippen LogP contribution in [0.5, 0.6) is 0 Å². The van der Waals surface area contributed by atoms with E-state index >= 15 is 0 Å². The van der Waals surface area contributed by atoms with Crippen LogP contribution in [0.15, 0.2) is 18.2 Å². The SMILES string of the molecule is Cc1ccc(NCC(C#N)C(F)(F)F)c(C)c1. The molecule has 1 unspecified atom stereocenters. The predicted molar refractivity (Wildman–Crippen MR) is 59.6 cm³/mol. The average Bonchev–Trinajstić information content (AvgIpc) is 2.19. The van der Waals surface area contributed by atoms with Crippen molar-refractivity contribution < 1.29 is 13.2 Å². The van der Waals surface area contributed by atoms with E-state index in [1.807, 2.05) is 26.0 Å². The van der Waals surface area contributed by atoms with E-state index < -0.39 is 18.6 Å². The minimum absolute atomic E-state index is 0.427. The Morgan fingerprint density at radius 2 is 2.00 bits per heavy atom. The van der Waals surface area contributed by atoms with Crippen molar-refractivity contribution in [3.8, 4) is 6.07 Å². The number of anilines is 1. The molecule has 5 heteroatoms. The Hall–Kier alpha value is -1.70. The molecule has 0 bridgehead atoms. The monoisotopic (exact) mass is 242 g/mol. The fraction of sp³-hybridized carbons (Fsp3) is 0.417. The lowest BCUT2D eigenvalue weighted by molar-refractivity contribution is -0.155. The number of nitriles is 1. The third-order valence-corrected chi connectivity index (χ3v) is 2.43. The van der Waals surface area contributed by atoms with Gasteiger partial charge in [-0.05, 0) is 25.5 Å². The van der Waals surface area contributed by atoms with Gasteiger partial charge in [-0.25, -0.2) is 0 Å². The Bertz CT molecular complexity index is 432. The third kappa shape index (κ3) is 3.66. The highest BCUT2D eigenvalue weighted by molar-refractivity contribution is 5.52. The molecule has 0 spiro atoms. The van der Waals surface area contributed by atoms with Gasteiger partial charge in [0.05, 0.1) is 6.07 Å². The lowest BCUT2D eigenvalue weighted by atomic mass is 10.1. The fourth-order valence-corrected chi connectivity index (χ4v) is 1.46. The zero-order valence-electron chi connectivity index (χ0n) is 9.60. The van der Waals surface area contributed by atoms with E-state index in [9.17, 15) is 13.2 Å². The molecule has 0 aliphatic heterocycles. The van der Waals surface area contributed by atoms with E-state index in [0.717, 1.165) is 11.1 Å². The molecule has 0 saturated carbocycles. The Labute approximate surface area is 98.1 Å². The lowest BCUT2D eigenvalue weighted by Gasteiger charge is -2.16. The Morgan fingerprint density at radius 1 is 1.35 bits per heavy atom. The van der Waals surface area contributed by atoms with Crippen molar-refractivity contribution in [3.05, 3.63) is 29.3 Å². The molecule has 17 heavy (non-hydrogen) atoms. The second kappa shape index (κ2) is 5.09. The van der Waals surface area contributed by atoms with Crippen LogP contribution in [0.3, 0.4) is 0 Å². The molecule has 0 radical (unpaired) electrons. The van der Waals surface area contributed by atoms with Crippen molar-refractivity contribution >= 4 is 5.69 Å². The van der Waals surface area contributed by atoms with Crippen molar-refractivity contribution in [2.24, 2.45) is 5.92 Å². The molecular weight excluding hydrogens is 229 g/mol. The minimum atomic E-state index is -4.49. The molecule has 0 aliphatic carbocycles. The molecule has 0 fully saturated rings. The number of rotatable bonds is 3. The largest absolute Gasteiger partial charge is 0.406 e. The van der Waals surface area contributed by atoms with E-state index in [4.69, 9.17) is 5.26 Å². The summed E-state index contributed by atoms with van der Waals surface area (Å²) in [6, 6.07) is 6.66. The normalized spacial score (nSPS) is 12.9. The van der Waals surface area contributed by atoms with Crippen molar-refractivity contribution in [3.63, 3.8) is 0 Å². The summed E-state index contributed by atoms with van der Waals surface area (Å²) in [5.41, 5.74) is 2.53. The highest BCUT2D eigenvalue weighted by atomic mass is 19.4. The predicted octanol–water partition coefficient (Wildman–Crippen LogP) is 3.42. The van der Waals surface area contributed by atoms with Gasteiger partial charge in [0.25, 0.3) is 0 Å². The van der Waals surface area contributed by atoms with Crippen LogP contribution in [0.25, 0.3) is 0 Å². The first kappa shape index (κ1) is 13.4. The fourth-order valence-electron chi connectivity index (χ4n) is 1.46. The molecule has 0 aliphatic rings. The number of nitrogens with zero attached hydrogens (tertiary/aromatic N) is 1. The first-order valence-corrected chi connectivity index (χ1v) is 5.12. The summed E-state index contributed by atoms with van der Waals surface area (Å²) in [6.45, 7) is 3.29. The Kier molecular flexibility index (Phi) is 4.00. The quantitative estimate of drug-likeness (QED) is 0.881. The molecule has 92 valence electrons. The minimum Gasteiger partial charge on any atom is -0.383 e. The molecule has 0 aromatic heterocycles. The smallest absolute Gasteiger partial charge is 0.383 e. The van der Waals surface area contributed by atoms with Gasteiger partial charge in [0.2, 0.25) is 0 Å². The number of benzene rings is 1. The van der Waals surface area contributed by atoms with Crippen LogP contribution in [0.4, 0.5) is 18.9 Å². The molecule has 1 atom stereocenters. The maximum atomic E-state index is 12.3. The van der Waals surface area contributed by atoms with E-state index in [0.29, 0.717) is 5.69 Å². The number of halogens is 3. The molecule has 1 aromatic carbocycles. The molecule has 1 aromatic rings. The Balaban J connectivity index is 2.71. The summed E-state index contributed by atoms with van der Waals surface area (Å²) in [7, 11) is 0. The highest BCUT2D eigenvalue weighted by Crippen LogP contribution is 2.26. The van der Waals surface area contributed by atoms with Crippen LogP contribution in [-0.2, 0) is 0 Å². The summed E-state index contributed by atoms with van der Waals surface area (Å²) in [6.07, 6.45) is -4.49. The molecule has 0 heterocycles. The summed E-state index contributed by atoms with van der Waals surface area (Å²) in [5, 5.41) is 11.1. The molecule has 1 rings (SSSR count). The van der Waals surface area contributed by atoms with Crippen molar-refractivity contribution in [2.75, 3.05) is 11.9 Å². The van der Waals surface area contributed by atoms with Gasteiger partial charge in [-0.3, -0.25) is 0 Å². The zero-order chi connectivity index (χ0) is 13.1. The van der Waals surface area contributed by atoms with Gasteiger partial charge in [-0.15, -0.1) is 0 Å². The maximum Gasteiger partial charge on any atom is 0.406 e. The van der Waals surface area contributed by atoms with Crippen molar-refractivity contribution in [1.82, 2.24) is 0 Å². The van der Waals surface area contributed by atoms with Gasteiger partial charge in [0.15, 0.2) is 5.92 Å². The van der Waals surface area contributed by atoms with E-state index in [-0.39, 0.29) is 0 Å². The van der Waals surface area contributed by atoms with E-state index in [2.05, 4.69) is 5.32 Å². The molecular formula is C12H13F3N2. The van der Waals surface area contributed by atoms with Crippen LogP contribution in [0.1, 0.15) is 11.1 Å². The van der Waals surface area contributed by atoms with Gasteiger partial charge < -0.3 is 5.32 Å². The van der Waals surface area contributed by atoms with Crippen molar-refractivity contribution in [1.29, 1.82) is 5.26 Å². The van der Waals surface area contributed by atoms with E-state index in [1.54, 1.807) is 6.07 Å². The number of nitrogens with one attached hydrogen (secondary N) is 1. The van der Waals surface area contributed by atoms with Gasteiger partial charge in [0, 0.05) is 12.2 Å². The second-order valence-corrected chi connectivity index (χ2v) is 3.92. The standard InChI is InChI=1S/C12H13F3N2/c1-8-3-4-11(9(2)5-8)17-7-10(6-16)12(13,14)15/h3-5,10,17H,7H2,1-2H3. The first-order valence-electron chi connectivity index (χ1n) is 5.12. The summed E-state index contributed by atoms with van der Waals surface area (Å²) < 4.78 is 37.0. The van der Waals surface area contributed by atoms with Gasteiger partial charge in [-0.1, -0.05) is 17.7 Å². The highest BCUT2D eigenvalue weighted by Gasteiger charge is 2.39. The number of alkyl halides is 3. The second-order valence-electron chi connectivity index (χ2n) is 3.92. The van der Waals surface area contributed by atoms with Gasteiger partial charge in [-0.2, -0.15) is 18.4 Å². The van der Waals surface area contributed by atoms with Gasteiger partial charge in [0.1, 0.15) is 0 Å². The zero-order valence-corrected chi connectivity index (χ0v) is 9.60. The van der Waals surface area contributed by atoms with Gasteiger partial charge >= 0.3 is 6.18 Å². The summed E-state index contributed by atoms with van der Waals surface area (Å²) >= 11 is 0. The van der Waals surface area contributed by atoms with Crippen LogP contribution < -0.4 is 5.32 Å². The maximum absolute atomic E-state index is 12.3. The van der Waals surface area contributed by atoms with Crippen molar-refractivity contribution in [2.45, 2.75) is 20.0 Å². The Morgan fingerprint density at radius 3 is 2.47 bits per heavy atom. The molecule has 2 nitrogen and oxygen atoms in total.